The van der Waals surface area contributed by atoms with Crippen molar-refractivity contribution in [1.29, 1.82) is 0 Å². The normalized spacial score (nSPS) is 10.8. The van der Waals surface area contributed by atoms with Crippen LogP contribution in [0.4, 0.5) is 0 Å². The molecule has 2 aromatic rings. The van der Waals surface area contributed by atoms with E-state index in [1.165, 1.54) is 0 Å². The zero-order valence-electron chi connectivity index (χ0n) is 9.83. The Bertz CT molecular complexity index is 530. The van der Waals surface area contributed by atoms with Gasteiger partial charge in [-0.3, -0.25) is 0 Å². The molecule has 1 aromatic carbocycles. The molecule has 0 saturated heterocycles. The molecule has 0 bridgehead atoms. The summed E-state index contributed by atoms with van der Waals surface area (Å²) < 4.78 is 6.69. The van der Waals surface area contributed by atoms with Gasteiger partial charge in [-0.25, -0.2) is 9.97 Å². The van der Waals surface area contributed by atoms with Crippen LogP contribution >= 0.6 is 15.9 Å². The third-order valence-electron chi connectivity index (χ3n) is 2.48. The van der Waals surface area contributed by atoms with E-state index in [0.717, 1.165) is 33.4 Å². The maximum atomic E-state index is 5.71. The molecule has 0 amide bonds. The first-order chi connectivity index (χ1) is 8.22. The van der Waals surface area contributed by atoms with Gasteiger partial charge in [-0.05, 0) is 26.1 Å². The smallest absolute Gasteiger partial charge is 0.146 e. The number of halogens is 1. The Morgan fingerprint density at radius 1 is 1.35 bits per heavy atom. The van der Waals surface area contributed by atoms with Gasteiger partial charge in [0.05, 0.1) is 0 Å². The van der Waals surface area contributed by atoms with E-state index in [1.807, 2.05) is 26.1 Å². The van der Waals surface area contributed by atoms with Crippen LogP contribution in [0.3, 0.4) is 0 Å². The molecule has 0 atom stereocenters. The first-order valence-electron chi connectivity index (χ1n) is 5.40. The summed E-state index contributed by atoms with van der Waals surface area (Å²) in [4.78, 5) is 8.47. The highest BCUT2D eigenvalue weighted by molar-refractivity contribution is 9.10. The minimum absolute atomic E-state index is 0.616. The van der Waals surface area contributed by atoms with Crippen molar-refractivity contribution in [2.75, 3.05) is 20.2 Å². The first kappa shape index (κ1) is 12.3. The topological polar surface area (TPSA) is 47.0 Å². The number of hydrogen-bond donors (Lipinski definition) is 1. The molecule has 1 N–H and O–H groups in total. The Morgan fingerprint density at radius 2 is 2.18 bits per heavy atom. The highest BCUT2D eigenvalue weighted by atomic mass is 79.9. The van der Waals surface area contributed by atoms with Crippen LogP contribution in [0.5, 0.6) is 5.75 Å². The van der Waals surface area contributed by atoms with E-state index in [2.05, 4.69) is 31.2 Å². The summed E-state index contributed by atoms with van der Waals surface area (Å²) in [7, 11) is 1.90. The van der Waals surface area contributed by atoms with Crippen LogP contribution in [0.2, 0.25) is 0 Å². The Kier molecular flexibility index (Phi) is 3.91. The molecule has 0 saturated carbocycles. The van der Waals surface area contributed by atoms with Gasteiger partial charge in [-0.1, -0.05) is 15.9 Å². The van der Waals surface area contributed by atoms with Crippen molar-refractivity contribution < 1.29 is 4.74 Å². The van der Waals surface area contributed by atoms with Crippen molar-refractivity contribution >= 4 is 26.8 Å². The van der Waals surface area contributed by atoms with Gasteiger partial charge in [0.15, 0.2) is 0 Å². The minimum Gasteiger partial charge on any atom is -0.490 e. The molecule has 0 fully saturated rings. The van der Waals surface area contributed by atoms with Crippen molar-refractivity contribution in [2.24, 2.45) is 0 Å². The second-order valence-corrected chi connectivity index (χ2v) is 4.63. The number of aryl methyl sites for hydroxylation is 1. The van der Waals surface area contributed by atoms with Crippen LogP contribution in [0.15, 0.2) is 22.9 Å². The van der Waals surface area contributed by atoms with E-state index in [4.69, 9.17) is 4.74 Å². The molecule has 1 heterocycles. The molecule has 0 aliphatic carbocycles. The summed E-state index contributed by atoms with van der Waals surface area (Å²) in [5.41, 5.74) is 1.81. The predicted octanol–water partition coefficient (Wildman–Crippen LogP) is 2.30. The number of hydrogen-bond acceptors (Lipinski definition) is 4. The predicted molar refractivity (Wildman–Crippen MR) is 71.4 cm³/mol. The summed E-state index contributed by atoms with van der Waals surface area (Å²) >= 11 is 3.48. The summed E-state index contributed by atoms with van der Waals surface area (Å²) in [6.45, 7) is 3.39. The largest absolute Gasteiger partial charge is 0.490 e. The van der Waals surface area contributed by atoms with E-state index in [0.29, 0.717) is 6.61 Å². The first-order valence-corrected chi connectivity index (χ1v) is 6.20. The lowest BCUT2D eigenvalue weighted by atomic mass is 10.2. The minimum atomic E-state index is 0.616. The number of fused-ring (bicyclic) bond motifs is 1. The van der Waals surface area contributed by atoms with E-state index in [1.54, 1.807) is 6.33 Å². The summed E-state index contributed by atoms with van der Waals surface area (Å²) in [5, 5.41) is 4.06. The molecule has 4 nitrogen and oxygen atoms in total. The van der Waals surface area contributed by atoms with Crippen molar-refractivity contribution in [2.45, 2.75) is 6.92 Å². The number of ether oxygens (including phenoxy) is 1. The van der Waals surface area contributed by atoms with E-state index < -0.39 is 0 Å². The van der Waals surface area contributed by atoms with Crippen LogP contribution in [0.1, 0.15) is 5.69 Å². The third kappa shape index (κ3) is 2.73. The molecule has 0 unspecified atom stereocenters. The van der Waals surface area contributed by atoms with Crippen molar-refractivity contribution in [3.8, 4) is 5.75 Å². The molecule has 2 rings (SSSR count). The Balaban J connectivity index is 2.43. The number of rotatable bonds is 4. The molecule has 5 heteroatoms. The molecule has 0 aliphatic heterocycles. The highest BCUT2D eigenvalue weighted by Gasteiger charge is 2.08. The maximum absolute atomic E-state index is 5.71. The lowest BCUT2D eigenvalue weighted by Crippen LogP contribution is -2.16. The standard InChI is InChI=1S/C12H14BrN3O/c1-8-10-5-9(13)6-11(17-4-3-14-2)12(10)16-7-15-8/h5-7,14H,3-4H2,1-2H3. The van der Waals surface area contributed by atoms with Gasteiger partial charge in [0, 0.05) is 22.1 Å². The van der Waals surface area contributed by atoms with Gasteiger partial charge in [-0.2, -0.15) is 0 Å². The van der Waals surface area contributed by atoms with Gasteiger partial charge in [0.25, 0.3) is 0 Å². The number of likely N-dealkylation sites (N-methyl/N-ethyl adjacent to an activating group) is 1. The van der Waals surface area contributed by atoms with Crippen molar-refractivity contribution in [3.05, 3.63) is 28.6 Å². The van der Waals surface area contributed by atoms with Crippen molar-refractivity contribution in [3.63, 3.8) is 0 Å². The van der Waals surface area contributed by atoms with Crippen LogP contribution in [0, 0.1) is 6.92 Å². The van der Waals surface area contributed by atoms with Gasteiger partial charge in [0.1, 0.15) is 24.2 Å². The van der Waals surface area contributed by atoms with Crippen LogP contribution in [0.25, 0.3) is 10.9 Å². The quantitative estimate of drug-likeness (QED) is 0.879. The van der Waals surface area contributed by atoms with Gasteiger partial charge < -0.3 is 10.1 Å². The molecule has 90 valence electrons. The van der Waals surface area contributed by atoms with Gasteiger partial charge >= 0.3 is 0 Å². The zero-order chi connectivity index (χ0) is 12.3. The lowest BCUT2D eigenvalue weighted by molar-refractivity contribution is 0.321. The summed E-state index contributed by atoms with van der Waals surface area (Å²) in [6, 6.07) is 3.94. The number of aromatic nitrogens is 2. The fourth-order valence-corrected chi connectivity index (χ4v) is 2.04. The maximum Gasteiger partial charge on any atom is 0.146 e. The Morgan fingerprint density at radius 3 is 2.94 bits per heavy atom. The van der Waals surface area contributed by atoms with E-state index in [9.17, 15) is 0 Å². The van der Waals surface area contributed by atoms with Gasteiger partial charge in [-0.15, -0.1) is 0 Å². The lowest BCUT2D eigenvalue weighted by Gasteiger charge is -2.10. The fraction of sp³-hybridized carbons (Fsp3) is 0.333. The zero-order valence-corrected chi connectivity index (χ0v) is 11.4. The molecular formula is C12H14BrN3O. The van der Waals surface area contributed by atoms with Gasteiger partial charge in [0.2, 0.25) is 0 Å². The number of nitrogens with one attached hydrogen (secondary N) is 1. The van der Waals surface area contributed by atoms with Crippen LogP contribution in [-0.4, -0.2) is 30.2 Å². The third-order valence-corrected chi connectivity index (χ3v) is 2.94. The fourth-order valence-electron chi connectivity index (χ4n) is 1.60. The highest BCUT2D eigenvalue weighted by Crippen LogP contribution is 2.29. The molecule has 0 aliphatic rings. The Labute approximate surface area is 109 Å². The average Bonchev–Trinajstić information content (AvgIpc) is 2.31. The van der Waals surface area contributed by atoms with E-state index in [-0.39, 0.29) is 0 Å². The molecule has 1 aromatic heterocycles. The average molecular weight is 296 g/mol. The number of benzene rings is 1. The van der Waals surface area contributed by atoms with Crippen molar-refractivity contribution in [1.82, 2.24) is 15.3 Å². The second-order valence-electron chi connectivity index (χ2n) is 3.71. The Hall–Kier alpha value is -1.20. The second kappa shape index (κ2) is 5.42. The summed E-state index contributed by atoms with van der Waals surface area (Å²) in [6.07, 6.45) is 1.57. The van der Waals surface area contributed by atoms with E-state index >= 15 is 0 Å². The molecular weight excluding hydrogens is 282 g/mol. The monoisotopic (exact) mass is 295 g/mol. The SMILES string of the molecule is CNCCOc1cc(Br)cc2c(C)ncnc12. The number of nitrogens with zero attached hydrogens (tertiary/aromatic N) is 2. The van der Waals surface area contributed by atoms with Crippen LogP contribution < -0.4 is 10.1 Å². The molecule has 0 radical (unpaired) electrons. The molecule has 17 heavy (non-hydrogen) atoms. The van der Waals surface area contributed by atoms with Crippen LogP contribution in [-0.2, 0) is 0 Å². The summed E-state index contributed by atoms with van der Waals surface area (Å²) in [5.74, 6) is 0.787. The molecule has 0 spiro atoms.